The Morgan fingerprint density at radius 1 is 1.25 bits per heavy atom. The van der Waals surface area contributed by atoms with E-state index in [9.17, 15) is 13.2 Å². The Labute approximate surface area is 122 Å². The van der Waals surface area contributed by atoms with Crippen molar-refractivity contribution in [1.29, 1.82) is 0 Å². The van der Waals surface area contributed by atoms with Crippen molar-refractivity contribution in [3.8, 4) is 0 Å². The number of alkyl halides is 3. The summed E-state index contributed by atoms with van der Waals surface area (Å²) in [6.07, 6.45) is -3.81. The summed E-state index contributed by atoms with van der Waals surface area (Å²) in [5.74, 6) is 7.86. The van der Waals surface area contributed by atoms with E-state index in [-0.39, 0.29) is 6.04 Å². The van der Waals surface area contributed by atoms with Crippen LogP contribution in [-0.4, -0.2) is 17.5 Å². The Morgan fingerprint density at radius 3 is 2.50 bits per heavy atom. The summed E-state index contributed by atoms with van der Waals surface area (Å²) >= 11 is 1.76. The van der Waals surface area contributed by atoms with Crippen LogP contribution in [0.4, 0.5) is 13.2 Å². The topological polar surface area (TPSA) is 38.0 Å². The molecule has 1 rings (SSSR count). The third-order valence-electron chi connectivity index (χ3n) is 2.74. The molecule has 0 aliphatic rings. The molecule has 0 radical (unpaired) electrons. The number of hydrogen-bond donors (Lipinski definition) is 2. The second kappa shape index (κ2) is 7.90. The smallest absolute Gasteiger partial charge is 0.271 e. The van der Waals surface area contributed by atoms with Crippen LogP contribution in [0.25, 0.3) is 0 Å². The zero-order chi connectivity index (χ0) is 15.2. The van der Waals surface area contributed by atoms with Gasteiger partial charge in [0, 0.05) is 11.8 Å². The molecule has 0 heterocycles. The van der Waals surface area contributed by atoms with Gasteiger partial charge in [-0.3, -0.25) is 11.3 Å². The molecular weight excluding hydrogens is 285 g/mol. The molecule has 0 aliphatic carbocycles. The lowest BCUT2D eigenvalue weighted by Gasteiger charge is -2.17. The van der Waals surface area contributed by atoms with Crippen LogP contribution in [0.3, 0.4) is 0 Å². The van der Waals surface area contributed by atoms with Crippen molar-refractivity contribution in [2.45, 2.75) is 32.5 Å². The van der Waals surface area contributed by atoms with Crippen LogP contribution >= 0.6 is 11.8 Å². The Hall–Kier alpha value is -0.720. The lowest BCUT2D eigenvalue weighted by molar-refractivity contribution is -0.137. The molecule has 0 fully saturated rings. The van der Waals surface area contributed by atoms with E-state index >= 15 is 0 Å². The fourth-order valence-electron chi connectivity index (χ4n) is 1.77. The Kier molecular flexibility index (Phi) is 6.85. The number of nitrogens with one attached hydrogen (secondary N) is 1. The van der Waals surface area contributed by atoms with Crippen molar-refractivity contribution >= 4 is 11.8 Å². The van der Waals surface area contributed by atoms with Gasteiger partial charge in [-0.15, -0.1) is 0 Å². The van der Waals surface area contributed by atoms with Gasteiger partial charge in [-0.05, 0) is 29.7 Å². The van der Waals surface area contributed by atoms with Crippen molar-refractivity contribution in [3.63, 3.8) is 0 Å². The summed E-state index contributed by atoms with van der Waals surface area (Å²) in [5, 5.41) is 0. The van der Waals surface area contributed by atoms with Gasteiger partial charge in [0.2, 0.25) is 0 Å². The third kappa shape index (κ3) is 6.15. The maximum atomic E-state index is 12.6. The van der Waals surface area contributed by atoms with Gasteiger partial charge in [0.25, 0.3) is 0 Å². The standard InChI is InChI=1S/C14H21F3N2S/c1-10(2)8-20-9-13(19-18)7-11-4-3-5-12(6-11)14(15,16)17/h3-6,10,13,19H,7-9,18H2,1-2H3. The van der Waals surface area contributed by atoms with Crippen molar-refractivity contribution in [2.75, 3.05) is 11.5 Å². The first kappa shape index (κ1) is 17.3. The van der Waals surface area contributed by atoms with Gasteiger partial charge in [0.05, 0.1) is 5.56 Å². The molecule has 1 aromatic carbocycles. The molecule has 0 aromatic heterocycles. The van der Waals surface area contributed by atoms with E-state index in [1.807, 2.05) is 0 Å². The molecular formula is C14H21F3N2S. The van der Waals surface area contributed by atoms with Crippen molar-refractivity contribution in [1.82, 2.24) is 5.43 Å². The molecule has 0 saturated carbocycles. The molecule has 0 bridgehead atoms. The predicted molar refractivity (Wildman–Crippen MR) is 78.4 cm³/mol. The molecule has 114 valence electrons. The number of halogens is 3. The van der Waals surface area contributed by atoms with E-state index in [0.29, 0.717) is 17.9 Å². The average Bonchev–Trinajstić information content (AvgIpc) is 2.36. The van der Waals surface area contributed by atoms with Crippen molar-refractivity contribution in [3.05, 3.63) is 35.4 Å². The Balaban J connectivity index is 2.61. The predicted octanol–water partition coefficient (Wildman–Crippen LogP) is 3.47. The second-order valence-electron chi connectivity index (χ2n) is 5.20. The van der Waals surface area contributed by atoms with Gasteiger partial charge in [0.1, 0.15) is 0 Å². The molecule has 0 spiro atoms. The van der Waals surface area contributed by atoms with Crippen molar-refractivity contribution < 1.29 is 13.2 Å². The minimum Gasteiger partial charge on any atom is -0.271 e. The van der Waals surface area contributed by atoms with E-state index in [4.69, 9.17) is 5.84 Å². The fourth-order valence-corrected chi connectivity index (χ4v) is 2.88. The van der Waals surface area contributed by atoms with Crippen LogP contribution in [0.1, 0.15) is 25.0 Å². The maximum absolute atomic E-state index is 12.6. The SMILES string of the molecule is CC(C)CSCC(Cc1cccc(C(F)(F)F)c1)NN. The minimum atomic E-state index is -4.30. The maximum Gasteiger partial charge on any atom is 0.416 e. The molecule has 6 heteroatoms. The Morgan fingerprint density at radius 2 is 1.95 bits per heavy atom. The molecule has 2 nitrogen and oxygen atoms in total. The van der Waals surface area contributed by atoms with E-state index in [1.54, 1.807) is 17.8 Å². The highest BCUT2D eigenvalue weighted by Gasteiger charge is 2.30. The molecule has 20 heavy (non-hydrogen) atoms. The first-order valence-corrected chi connectivity index (χ1v) is 7.68. The van der Waals surface area contributed by atoms with E-state index in [1.165, 1.54) is 12.1 Å². The molecule has 0 saturated heterocycles. The number of hydrazine groups is 1. The zero-order valence-electron chi connectivity index (χ0n) is 11.7. The van der Waals surface area contributed by atoms with Gasteiger partial charge in [-0.25, -0.2) is 0 Å². The largest absolute Gasteiger partial charge is 0.416 e. The van der Waals surface area contributed by atoms with Crippen LogP contribution in [-0.2, 0) is 12.6 Å². The molecule has 0 aliphatic heterocycles. The lowest BCUT2D eigenvalue weighted by Crippen LogP contribution is -2.38. The summed E-state index contributed by atoms with van der Waals surface area (Å²) in [5.41, 5.74) is 2.72. The highest BCUT2D eigenvalue weighted by atomic mass is 32.2. The highest BCUT2D eigenvalue weighted by molar-refractivity contribution is 7.99. The fraction of sp³-hybridized carbons (Fsp3) is 0.571. The van der Waals surface area contributed by atoms with Crippen LogP contribution in [0.5, 0.6) is 0 Å². The molecule has 1 atom stereocenters. The molecule has 0 amide bonds. The number of rotatable bonds is 7. The quantitative estimate of drug-likeness (QED) is 0.598. The first-order valence-electron chi connectivity index (χ1n) is 6.53. The summed E-state index contributed by atoms with van der Waals surface area (Å²) < 4.78 is 37.9. The first-order chi connectivity index (χ1) is 9.32. The van der Waals surface area contributed by atoms with Crippen LogP contribution < -0.4 is 11.3 Å². The molecule has 1 unspecified atom stereocenters. The normalized spacial score (nSPS) is 13.8. The van der Waals surface area contributed by atoms with E-state index in [2.05, 4.69) is 19.3 Å². The molecule has 3 N–H and O–H groups in total. The van der Waals surface area contributed by atoms with Gasteiger partial charge >= 0.3 is 6.18 Å². The summed E-state index contributed by atoms with van der Waals surface area (Å²) in [7, 11) is 0. The number of thioether (sulfide) groups is 1. The van der Waals surface area contributed by atoms with Crippen molar-refractivity contribution in [2.24, 2.45) is 11.8 Å². The van der Waals surface area contributed by atoms with Gasteiger partial charge in [-0.1, -0.05) is 32.0 Å². The highest BCUT2D eigenvalue weighted by Crippen LogP contribution is 2.29. The van der Waals surface area contributed by atoms with E-state index in [0.717, 1.165) is 17.6 Å². The van der Waals surface area contributed by atoms with Gasteiger partial charge in [0.15, 0.2) is 0 Å². The monoisotopic (exact) mass is 306 g/mol. The summed E-state index contributed by atoms with van der Waals surface area (Å²) in [6.45, 7) is 4.26. The number of benzene rings is 1. The molecule has 1 aromatic rings. The van der Waals surface area contributed by atoms with Crippen LogP contribution in [0.15, 0.2) is 24.3 Å². The number of nitrogens with two attached hydrogens (primary N) is 1. The van der Waals surface area contributed by atoms with Gasteiger partial charge < -0.3 is 0 Å². The minimum absolute atomic E-state index is 0.0257. The number of hydrogen-bond acceptors (Lipinski definition) is 3. The van der Waals surface area contributed by atoms with Gasteiger partial charge in [-0.2, -0.15) is 24.9 Å². The third-order valence-corrected chi connectivity index (χ3v) is 4.28. The van der Waals surface area contributed by atoms with Crippen LogP contribution in [0.2, 0.25) is 0 Å². The average molecular weight is 306 g/mol. The summed E-state index contributed by atoms with van der Waals surface area (Å²) in [6, 6.07) is 5.39. The zero-order valence-corrected chi connectivity index (χ0v) is 12.5. The lowest BCUT2D eigenvalue weighted by atomic mass is 10.0. The van der Waals surface area contributed by atoms with Crippen LogP contribution in [0, 0.1) is 5.92 Å². The Bertz CT molecular complexity index is 408. The van der Waals surface area contributed by atoms with E-state index < -0.39 is 11.7 Å². The second-order valence-corrected chi connectivity index (χ2v) is 6.27. The summed E-state index contributed by atoms with van der Waals surface area (Å²) in [4.78, 5) is 0.